The van der Waals surface area contributed by atoms with Gasteiger partial charge in [0.2, 0.25) is 0 Å². The van der Waals surface area contributed by atoms with Gasteiger partial charge in [-0.3, -0.25) is 4.79 Å². The molecule has 12 heavy (non-hydrogen) atoms. The predicted octanol–water partition coefficient (Wildman–Crippen LogP) is 2.12. The number of rotatable bonds is 6. The molecule has 0 aromatic rings. The summed E-state index contributed by atoms with van der Waals surface area (Å²) in [6.07, 6.45) is 3.45. The van der Waals surface area contributed by atoms with Gasteiger partial charge in [0.25, 0.3) is 0 Å². The molecule has 0 saturated carbocycles. The minimum absolute atomic E-state index is 0.0202. The summed E-state index contributed by atoms with van der Waals surface area (Å²) in [7, 11) is 0. The van der Waals surface area contributed by atoms with Crippen molar-refractivity contribution in [1.82, 2.24) is 0 Å². The van der Waals surface area contributed by atoms with Crippen LogP contribution in [0.5, 0.6) is 0 Å². The van der Waals surface area contributed by atoms with Crippen molar-refractivity contribution in [3.8, 4) is 0 Å². The highest BCUT2D eigenvalue weighted by molar-refractivity contribution is 5.79. The summed E-state index contributed by atoms with van der Waals surface area (Å²) in [6, 6.07) is 0.0202. The molecule has 0 aliphatic heterocycles. The van der Waals surface area contributed by atoms with Crippen molar-refractivity contribution in [3.63, 3.8) is 0 Å². The lowest BCUT2D eigenvalue weighted by molar-refractivity contribution is -0.120. The Kier molecular flexibility index (Phi) is 5.99. The summed E-state index contributed by atoms with van der Waals surface area (Å²) in [5, 5.41) is 0. The van der Waals surface area contributed by atoms with E-state index in [0.29, 0.717) is 24.5 Å². The van der Waals surface area contributed by atoms with Crippen molar-refractivity contribution < 1.29 is 4.79 Å². The van der Waals surface area contributed by atoms with Gasteiger partial charge >= 0.3 is 0 Å². The van der Waals surface area contributed by atoms with Crippen molar-refractivity contribution in [1.29, 1.82) is 0 Å². The molecular formula is C10H21NO. The lowest BCUT2D eigenvalue weighted by Crippen LogP contribution is -2.20. The molecule has 2 heteroatoms. The van der Waals surface area contributed by atoms with Crippen molar-refractivity contribution in [3.05, 3.63) is 0 Å². The van der Waals surface area contributed by atoms with E-state index in [1.807, 2.05) is 6.92 Å². The SMILES string of the molecule is CCC(CC)CC(=O)CC(C)N. The van der Waals surface area contributed by atoms with Gasteiger partial charge in [0.05, 0.1) is 0 Å². The van der Waals surface area contributed by atoms with Crippen LogP contribution in [0.1, 0.15) is 46.5 Å². The number of hydrogen-bond acceptors (Lipinski definition) is 2. The maximum atomic E-state index is 11.3. The predicted molar refractivity (Wildman–Crippen MR) is 52.0 cm³/mol. The van der Waals surface area contributed by atoms with Crippen molar-refractivity contribution in [2.45, 2.75) is 52.5 Å². The highest BCUT2D eigenvalue weighted by Gasteiger charge is 2.11. The second-order valence-corrected chi connectivity index (χ2v) is 3.61. The Morgan fingerprint density at radius 3 is 2.08 bits per heavy atom. The fourth-order valence-electron chi connectivity index (χ4n) is 1.34. The molecule has 0 radical (unpaired) electrons. The molecule has 2 nitrogen and oxygen atoms in total. The largest absolute Gasteiger partial charge is 0.328 e. The molecule has 0 bridgehead atoms. The zero-order valence-electron chi connectivity index (χ0n) is 8.47. The van der Waals surface area contributed by atoms with Gasteiger partial charge in [0, 0.05) is 18.9 Å². The van der Waals surface area contributed by atoms with Crippen LogP contribution in [0, 0.1) is 5.92 Å². The van der Waals surface area contributed by atoms with E-state index < -0.39 is 0 Å². The molecule has 2 N–H and O–H groups in total. The van der Waals surface area contributed by atoms with Gasteiger partial charge in [0.1, 0.15) is 5.78 Å². The molecular weight excluding hydrogens is 150 g/mol. The summed E-state index contributed by atoms with van der Waals surface area (Å²) in [5.41, 5.74) is 5.53. The van der Waals surface area contributed by atoms with E-state index >= 15 is 0 Å². The van der Waals surface area contributed by atoms with Gasteiger partial charge in [-0.1, -0.05) is 26.7 Å². The zero-order valence-corrected chi connectivity index (χ0v) is 8.47. The molecule has 0 saturated heterocycles. The molecule has 0 aromatic carbocycles. The fraction of sp³-hybridized carbons (Fsp3) is 0.900. The lowest BCUT2D eigenvalue weighted by Gasteiger charge is -2.11. The van der Waals surface area contributed by atoms with Crippen molar-refractivity contribution in [2.75, 3.05) is 0 Å². The average molecular weight is 171 g/mol. The third-order valence-corrected chi connectivity index (χ3v) is 2.22. The van der Waals surface area contributed by atoms with Crippen LogP contribution >= 0.6 is 0 Å². The van der Waals surface area contributed by atoms with E-state index in [-0.39, 0.29) is 6.04 Å². The van der Waals surface area contributed by atoms with E-state index in [2.05, 4.69) is 13.8 Å². The molecule has 1 unspecified atom stereocenters. The summed E-state index contributed by atoms with van der Waals surface area (Å²) >= 11 is 0. The van der Waals surface area contributed by atoms with Gasteiger partial charge < -0.3 is 5.73 Å². The number of carbonyl (C=O) groups excluding carboxylic acids is 1. The Labute approximate surface area is 75.5 Å². The van der Waals surface area contributed by atoms with E-state index in [1.165, 1.54) is 0 Å². The molecule has 1 atom stereocenters. The summed E-state index contributed by atoms with van der Waals surface area (Å²) in [6.45, 7) is 6.14. The van der Waals surface area contributed by atoms with Crippen LogP contribution in [0.4, 0.5) is 0 Å². The summed E-state index contributed by atoms with van der Waals surface area (Å²) in [5.74, 6) is 0.884. The fourth-order valence-corrected chi connectivity index (χ4v) is 1.34. The molecule has 0 rings (SSSR count). The normalized spacial score (nSPS) is 13.4. The minimum atomic E-state index is 0.0202. The Bertz CT molecular complexity index is 128. The Hall–Kier alpha value is -0.370. The third kappa shape index (κ3) is 5.30. The summed E-state index contributed by atoms with van der Waals surface area (Å²) in [4.78, 5) is 11.3. The van der Waals surface area contributed by atoms with Gasteiger partial charge in [-0.15, -0.1) is 0 Å². The van der Waals surface area contributed by atoms with Crippen molar-refractivity contribution >= 4 is 5.78 Å². The Balaban J connectivity index is 3.66. The molecule has 0 aliphatic carbocycles. The molecule has 0 heterocycles. The first-order valence-corrected chi connectivity index (χ1v) is 4.87. The van der Waals surface area contributed by atoms with Crippen LogP contribution in [0.3, 0.4) is 0 Å². The highest BCUT2D eigenvalue weighted by atomic mass is 16.1. The first kappa shape index (κ1) is 11.6. The number of ketones is 1. The smallest absolute Gasteiger partial charge is 0.134 e. The van der Waals surface area contributed by atoms with Gasteiger partial charge in [-0.05, 0) is 12.8 Å². The quantitative estimate of drug-likeness (QED) is 0.665. The van der Waals surface area contributed by atoms with Gasteiger partial charge in [0.15, 0.2) is 0 Å². The Morgan fingerprint density at radius 2 is 1.75 bits per heavy atom. The van der Waals surface area contributed by atoms with Crippen LogP contribution in [0.2, 0.25) is 0 Å². The molecule has 0 amide bonds. The van der Waals surface area contributed by atoms with E-state index in [0.717, 1.165) is 12.8 Å². The minimum Gasteiger partial charge on any atom is -0.328 e. The number of hydrogen-bond donors (Lipinski definition) is 1. The van der Waals surface area contributed by atoms with E-state index in [9.17, 15) is 4.79 Å². The maximum absolute atomic E-state index is 11.3. The molecule has 0 fully saturated rings. The van der Waals surface area contributed by atoms with Crippen LogP contribution in [0.25, 0.3) is 0 Å². The lowest BCUT2D eigenvalue weighted by atomic mass is 9.95. The average Bonchev–Trinajstić information content (AvgIpc) is 1.98. The molecule has 0 aromatic heterocycles. The van der Waals surface area contributed by atoms with Crippen LogP contribution in [-0.2, 0) is 4.79 Å². The maximum Gasteiger partial charge on any atom is 0.134 e. The van der Waals surface area contributed by atoms with Gasteiger partial charge in [-0.25, -0.2) is 0 Å². The first-order chi connectivity index (χ1) is 5.60. The highest BCUT2D eigenvalue weighted by Crippen LogP contribution is 2.13. The summed E-state index contributed by atoms with van der Waals surface area (Å²) < 4.78 is 0. The number of carbonyl (C=O) groups is 1. The standard InChI is InChI=1S/C10H21NO/c1-4-9(5-2)7-10(12)6-8(3)11/h8-9H,4-7,11H2,1-3H3. The topological polar surface area (TPSA) is 43.1 Å². The van der Waals surface area contributed by atoms with Crippen molar-refractivity contribution in [2.24, 2.45) is 11.7 Å². The van der Waals surface area contributed by atoms with Crippen LogP contribution in [-0.4, -0.2) is 11.8 Å². The van der Waals surface area contributed by atoms with Crippen LogP contribution in [0.15, 0.2) is 0 Å². The molecule has 0 aliphatic rings. The first-order valence-electron chi connectivity index (χ1n) is 4.87. The zero-order chi connectivity index (χ0) is 9.56. The molecule has 72 valence electrons. The second-order valence-electron chi connectivity index (χ2n) is 3.61. The Morgan fingerprint density at radius 1 is 1.25 bits per heavy atom. The third-order valence-electron chi connectivity index (χ3n) is 2.22. The number of Topliss-reactive ketones (excluding diaryl/α,β-unsaturated/α-hetero) is 1. The second kappa shape index (κ2) is 6.18. The monoisotopic (exact) mass is 171 g/mol. The van der Waals surface area contributed by atoms with E-state index in [1.54, 1.807) is 0 Å². The van der Waals surface area contributed by atoms with Gasteiger partial charge in [-0.2, -0.15) is 0 Å². The van der Waals surface area contributed by atoms with E-state index in [4.69, 9.17) is 5.73 Å². The number of nitrogens with two attached hydrogens (primary N) is 1. The molecule has 0 spiro atoms. The van der Waals surface area contributed by atoms with Crippen LogP contribution < -0.4 is 5.73 Å².